The number of aryl methyl sites for hydroxylation is 1. The van der Waals surface area contributed by atoms with E-state index in [1.807, 2.05) is 24.3 Å². The topological polar surface area (TPSA) is 0 Å². The van der Waals surface area contributed by atoms with E-state index in [9.17, 15) is 4.39 Å². The van der Waals surface area contributed by atoms with E-state index in [-0.39, 0.29) is 6.67 Å². The Bertz CT molecular complexity index is 210. The van der Waals surface area contributed by atoms with Crippen LogP contribution >= 0.6 is 22.6 Å². The minimum absolute atomic E-state index is 0.264. The largest absolute Gasteiger partial charge is 0.251 e. The molecule has 0 N–H and O–H groups in total. The number of halogens is 2. The molecule has 0 amide bonds. The number of alkyl halides is 1. The van der Waals surface area contributed by atoms with Gasteiger partial charge in [0.15, 0.2) is 0 Å². The van der Waals surface area contributed by atoms with Crippen LogP contribution in [0.25, 0.3) is 0 Å². The summed E-state index contributed by atoms with van der Waals surface area (Å²) in [5, 5.41) is 0. The normalized spacial score (nSPS) is 9.80. The van der Waals surface area contributed by atoms with Gasteiger partial charge in [-0.1, -0.05) is 12.1 Å². The molecule has 0 aliphatic rings. The van der Waals surface area contributed by atoms with Crippen molar-refractivity contribution in [3.05, 3.63) is 33.4 Å². The van der Waals surface area contributed by atoms with Crippen molar-refractivity contribution in [2.45, 2.75) is 6.42 Å². The van der Waals surface area contributed by atoms with Gasteiger partial charge in [-0.15, -0.1) is 0 Å². The minimum Gasteiger partial charge on any atom is -0.251 e. The van der Waals surface area contributed by atoms with Crippen molar-refractivity contribution in [1.82, 2.24) is 0 Å². The lowest BCUT2D eigenvalue weighted by Crippen LogP contribution is -1.85. The van der Waals surface area contributed by atoms with Gasteiger partial charge in [-0.2, -0.15) is 0 Å². The Morgan fingerprint density at radius 3 is 2.80 bits per heavy atom. The average Bonchev–Trinajstić information content (AvgIpc) is 1.88. The standard InChI is InChI=1S/C8H8FI/c9-5-4-7-2-1-3-8(10)6-7/h1-3,6H,4-5H2. The molecule has 0 saturated carbocycles. The lowest BCUT2D eigenvalue weighted by atomic mass is 10.2. The summed E-state index contributed by atoms with van der Waals surface area (Å²) >= 11 is 2.22. The van der Waals surface area contributed by atoms with Crippen molar-refractivity contribution in [3.63, 3.8) is 0 Å². The third-order valence-corrected chi connectivity index (χ3v) is 1.94. The van der Waals surface area contributed by atoms with Crippen LogP contribution in [0.5, 0.6) is 0 Å². The van der Waals surface area contributed by atoms with Crippen LogP contribution in [0.15, 0.2) is 24.3 Å². The maximum Gasteiger partial charge on any atom is 0.0934 e. The highest BCUT2D eigenvalue weighted by molar-refractivity contribution is 14.1. The van der Waals surface area contributed by atoms with Crippen molar-refractivity contribution >= 4 is 22.6 Å². The Kier molecular flexibility index (Phi) is 3.12. The molecule has 0 unspecified atom stereocenters. The smallest absolute Gasteiger partial charge is 0.0934 e. The van der Waals surface area contributed by atoms with Gasteiger partial charge >= 0.3 is 0 Å². The summed E-state index contributed by atoms with van der Waals surface area (Å²) in [5.74, 6) is 0. The third kappa shape index (κ3) is 2.25. The molecule has 0 spiro atoms. The molecule has 0 nitrogen and oxygen atoms in total. The molecule has 0 saturated heterocycles. The highest BCUT2D eigenvalue weighted by atomic mass is 127. The number of hydrogen-bond donors (Lipinski definition) is 0. The molecule has 0 atom stereocenters. The fraction of sp³-hybridized carbons (Fsp3) is 0.250. The first-order valence-electron chi connectivity index (χ1n) is 3.13. The first-order valence-corrected chi connectivity index (χ1v) is 4.21. The van der Waals surface area contributed by atoms with Gasteiger partial charge in [-0.3, -0.25) is 4.39 Å². The maximum absolute atomic E-state index is 11.8. The van der Waals surface area contributed by atoms with Crippen molar-refractivity contribution in [2.75, 3.05) is 6.67 Å². The lowest BCUT2D eigenvalue weighted by molar-refractivity contribution is 0.495. The molecule has 0 radical (unpaired) electrons. The van der Waals surface area contributed by atoms with E-state index < -0.39 is 0 Å². The van der Waals surface area contributed by atoms with Crippen LogP contribution in [-0.4, -0.2) is 6.67 Å². The van der Waals surface area contributed by atoms with Crippen LogP contribution in [0.4, 0.5) is 4.39 Å². The van der Waals surface area contributed by atoms with E-state index in [1.54, 1.807) is 0 Å². The maximum atomic E-state index is 11.8. The van der Waals surface area contributed by atoms with E-state index in [2.05, 4.69) is 22.6 Å². The molecule has 0 heterocycles. The van der Waals surface area contributed by atoms with Crippen LogP contribution in [0.3, 0.4) is 0 Å². The summed E-state index contributed by atoms with van der Waals surface area (Å²) in [6.45, 7) is -0.264. The van der Waals surface area contributed by atoms with Crippen LogP contribution in [0, 0.1) is 3.57 Å². The number of rotatable bonds is 2. The van der Waals surface area contributed by atoms with E-state index in [1.165, 1.54) is 3.57 Å². The monoisotopic (exact) mass is 250 g/mol. The zero-order chi connectivity index (χ0) is 7.40. The molecular weight excluding hydrogens is 242 g/mol. The minimum atomic E-state index is -0.264. The molecule has 10 heavy (non-hydrogen) atoms. The molecule has 0 bridgehead atoms. The molecule has 0 aliphatic heterocycles. The van der Waals surface area contributed by atoms with Crippen LogP contribution in [-0.2, 0) is 6.42 Å². The molecule has 0 aliphatic carbocycles. The van der Waals surface area contributed by atoms with E-state index >= 15 is 0 Å². The van der Waals surface area contributed by atoms with Crippen LogP contribution in [0.1, 0.15) is 5.56 Å². The average molecular weight is 250 g/mol. The summed E-state index contributed by atoms with van der Waals surface area (Å²) in [6, 6.07) is 7.90. The number of benzene rings is 1. The second-order valence-electron chi connectivity index (χ2n) is 2.07. The van der Waals surface area contributed by atoms with E-state index in [0.29, 0.717) is 6.42 Å². The second kappa shape index (κ2) is 3.91. The Morgan fingerprint density at radius 1 is 1.40 bits per heavy atom. The third-order valence-electron chi connectivity index (χ3n) is 1.27. The second-order valence-corrected chi connectivity index (χ2v) is 3.31. The molecule has 0 aromatic heterocycles. The van der Waals surface area contributed by atoms with Crippen molar-refractivity contribution in [2.24, 2.45) is 0 Å². The predicted octanol–water partition coefficient (Wildman–Crippen LogP) is 2.80. The Morgan fingerprint density at radius 2 is 2.20 bits per heavy atom. The first-order chi connectivity index (χ1) is 4.83. The summed E-state index contributed by atoms with van der Waals surface area (Å²) in [6.07, 6.45) is 0.539. The number of hydrogen-bond acceptors (Lipinski definition) is 0. The van der Waals surface area contributed by atoms with E-state index in [4.69, 9.17) is 0 Å². The molecule has 1 rings (SSSR count). The molecule has 0 fully saturated rings. The zero-order valence-corrected chi connectivity index (χ0v) is 7.64. The van der Waals surface area contributed by atoms with Gasteiger partial charge in [0.25, 0.3) is 0 Å². The molecule has 1 aromatic carbocycles. The van der Waals surface area contributed by atoms with Gasteiger partial charge in [0.1, 0.15) is 0 Å². The van der Waals surface area contributed by atoms with Gasteiger partial charge in [0.05, 0.1) is 6.67 Å². The van der Waals surface area contributed by atoms with E-state index in [0.717, 1.165) is 5.56 Å². The van der Waals surface area contributed by atoms with Crippen molar-refractivity contribution < 1.29 is 4.39 Å². The molecule has 54 valence electrons. The Hall–Kier alpha value is -0.120. The molecule has 1 aromatic rings. The van der Waals surface area contributed by atoms with Gasteiger partial charge in [-0.25, -0.2) is 0 Å². The Balaban J connectivity index is 2.75. The van der Waals surface area contributed by atoms with Gasteiger partial charge in [0.2, 0.25) is 0 Å². The van der Waals surface area contributed by atoms with Crippen molar-refractivity contribution in [1.29, 1.82) is 0 Å². The van der Waals surface area contributed by atoms with Crippen molar-refractivity contribution in [3.8, 4) is 0 Å². The first kappa shape index (κ1) is 7.98. The van der Waals surface area contributed by atoms with Gasteiger partial charge < -0.3 is 0 Å². The Labute approximate surface area is 73.6 Å². The summed E-state index contributed by atoms with van der Waals surface area (Å²) in [4.78, 5) is 0. The summed E-state index contributed by atoms with van der Waals surface area (Å²) < 4.78 is 13.0. The van der Waals surface area contributed by atoms with Gasteiger partial charge in [0, 0.05) is 9.99 Å². The zero-order valence-electron chi connectivity index (χ0n) is 5.48. The summed E-state index contributed by atoms with van der Waals surface area (Å²) in [7, 11) is 0. The van der Waals surface area contributed by atoms with Crippen LogP contribution in [0.2, 0.25) is 0 Å². The van der Waals surface area contributed by atoms with Gasteiger partial charge in [-0.05, 0) is 40.3 Å². The predicted molar refractivity (Wildman–Crippen MR) is 48.8 cm³/mol. The fourth-order valence-electron chi connectivity index (χ4n) is 0.802. The fourth-order valence-corrected chi connectivity index (χ4v) is 1.41. The van der Waals surface area contributed by atoms with Crippen LogP contribution < -0.4 is 0 Å². The molecule has 2 heteroatoms. The SMILES string of the molecule is FCCc1cccc(I)c1. The quantitative estimate of drug-likeness (QED) is 0.708. The molecular formula is C8H8FI. The highest BCUT2D eigenvalue weighted by Crippen LogP contribution is 2.07. The lowest BCUT2D eigenvalue weighted by Gasteiger charge is -1.95. The summed E-state index contributed by atoms with van der Waals surface area (Å²) in [5.41, 5.74) is 1.08. The highest BCUT2D eigenvalue weighted by Gasteiger charge is 1.91.